The number of nitrogens with zero attached hydrogens (tertiary/aromatic N) is 5. The highest BCUT2D eigenvalue weighted by Crippen LogP contribution is 2.17. The molecule has 8 nitrogen and oxygen atoms in total. The maximum Gasteiger partial charge on any atom is 0.346 e. The van der Waals surface area contributed by atoms with Crippen molar-refractivity contribution in [1.82, 2.24) is 24.1 Å². The summed E-state index contributed by atoms with van der Waals surface area (Å²) in [6, 6.07) is 6.13. The monoisotopic (exact) mass is 418 g/mol. The van der Waals surface area contributed by atoms with Gasteiger partial charge in [-0.15, -0.1) is 0 Å². The molecular formula is C19H20ClFN6O2. The molecule has 0 radical (unpaired) electrons. The van der Waals surface area contributed by atoms with E-state index in [0.717, 1.165) is 31.5 Å². The molecule has 3 aromatic rings. The van der Waals surface area contributed by atoms with Gasteiger partial charge < -0.3 is 5.32 Å². The Hall–Kier alpha value is -2.94. The van der Waals surface area contributed by atoms with E-state index in [1.165, 1.54) is 27.7 Å². The maximum atomic E-state index is 13.6. The summed E-state index contributed by atoms with van der Waals surface area (Å²) in [5.74, 6) is 0.277. The number of anilines is 1. The number of fused-ring (bicyclic) bond motifs is 1. The lowest BCUT2D eigenvalue weighted by Crippen LogP contribution is -2.30. The molecule has 1 aliphatic heterocycles. The van der Waals surface area contributed by atoms with Crippen LogP contribution in [0.3, 0.4) is 0 Å². The van der Waals surface area contributed by atoms with E-state index in [9.17, 15) is 14.0 Å². The molecule has 0 saturated heterocycles. The Labute approximate surface area is 170 Å². The standard InChI is InChI=1S/C19H20ClFN6O2/c20-14-6-5-13(10-15(14)21)11-26-16(7-8-22-26)23-18(28)12-27-19(29)25-9-3-1-2-4-17(25)24-27/h5-8,10H,1-4,9,11-12H2,(H,23,28). The first-order valence-corrected chi connectivity index (χ1v) is 9.81. The van der Waals surface area contributed by atoms with Gasteiger partial charge in [-0.05, 0) is 30.5 Å². The largest absolute Gasteiger partial charge is 0.346 e. The number of benzene rings is 1. The van der Waals surface area contributed by atoms with Gasteiger partial charge in [-0.2, -0.15) is 10.2 Å². The molecule has 0 saturated carbocycles. The molecule has 1 aromatic carbocycles. The molecule has 4 rings (SSSR count). The lowest BCUT2D eigenvalue weighted by Gasteiger charge is -2.09. The second-order valence-corrected chi connectivity index (χ2v) is 7.40. The number of hydrogen-bond acceptors (Lipinski definition) is 4. The normalized spacial score (nSPS) is 13.7. The van der Waals surface area contributed by atoms with Gasteiger partial charge in [0.15, 0.2) is 0 Å². The first kappa shape index (κ1) is 19.4. The third kappa shape index (κ3) is 4.24. The molecule has 152 valence electrons. The number of carbonyl (C=O) groups is 1. The highest BCUT2D eigenvalue weighted by Gasteiger charge is 2.18. The Bertz CT molecular complexity index is 1100. The highest BCUT2D eigenvalue weighted by molar-refractivity contribution is 6.30. The van der Waals surface area contributed by atoms with Crippen molar-refractivity contribution in [2.24, 2.45) is 0 Å². The molecule has 0 spiro atoms. The Morgan fingerprint density at radius 3 is 2.90 bits per heavy atom. The first-order valence-electron chi connectivity index (χ1n) is 9.43. The van der Waals surface area contributed by atoms with Crippen molar-refractivity contribution in [3.05, 3.63) is 63.2 Å². The van der Waals surface area contributed by atoms with E-state index in [0.29, 0.717) is 17.9 Å². The number of aryl methyl sites for hydroxylation is 1. The van der Waals surface area contributed by atoms with Gasteiger partial charge in [-0.3, -0.25) is 9.36 Å². The van der Waals surface area contributed by atoms with Crippen LogP contribution in [0.25, 0.3) is 0 Å². The zero-order valence-corrected chi connectivity index (χ0v) is 16.4. The number of hydrogen-bond donors (Lipinski definition) is 1. The minimum atomic E-state index is -0.513. The van der Waals surface area contributed by atoms with E-state index < -0.39 is 5.82 Å². The lowest BCUT2D eigenvalue weighted by atomic mass is 10.2. The number of rotatable bonds is 5. The fraction of sp³-hybridized carbons (Fsp3) is 0.368. The van der Waals surface area contributed by atoms with Crippen LogP contribution in [0.15, 0.2) is 35.3 Å². The van der Waals surface area contributed by atoms with Crippen LogP contribution in [-0.4, -0.2) is 30.0 Å². The summed E-state index contributed by atoms with van der Waals surface area (Å²) in [6.07, 6.45) is 5.29. The van der Waals surface area contributed by atoms with E-state index in [-0.39, 0.29) is 29.7 Å². The van der Waals surface area contributed by atoms with E-state index in [1.807, 2.05) is 0 Å². The van der Waals surface area contributed by atoms with Crippen molar-refractivity contribution in [2.45, 2.75) is 45.3 Å². The molecule has 3 heterocycles. The fourth-order valence-electron chi connectivity index (χ4n) is 3.42. The predicted molar refractivity (Wildman–Crippen MR) is 105 cm³/mol. The minimum absolute atomic E-state index is 0.0478. The van der Waals surface area contributed by atoms with Crippen LogP contribution < -0.4 is 11.0 Å². The summed E-state index contributed by atoms with van der Waals surface area (Å²) in [5.41, 5.74) is 0.391. The van der Waals surface area contributed by atoms with Crippen LogP contribution in [0, 0.1) is 5.82 Å². The summed E-state index contributed by atoms with van der Waals surface area (Å²) in [5, 5.41) is 11.3. The summed E-state index contributed by atoms with van der Waals surface area (Å²) < 4.78 is 18.0. The van der Waals surface area contributed by atoms with Gasteiger partial charge in [0.2, 0.25) is 5.91 Å². The summed E-state index contributed by atoms with van der Waals surface area (Å²) in [7, 11) is 0. The van der Waals surface area contributed by atoms with Crippen LogP contribution >= 0.6 is 11.6 Å². The SMILES string of the molecule is O=C(Cn1nc2n(c1=O)CCCCC2)Nc1ccnn1Cc1ccc(Cl)c(F)c1. The van der Waals surface area contributed by atoms with Crippen LogP contribution in [0.1, 0.15) is 30.7 Å². The zero-order chi connectivity index (χ0) is 20.4. The predicted octanol–water partition coefficient (Wildman–Crippen LogP) is 2.45. The van der Waals surface area contributed by atoms with Crippen molar-refractivity contribution < 1.29 is 9.18 Å². The van der Waals surface area contributed by atoms with E-state index in [1.54, 1.807) is 16.7 Å². The molecule has 0 aliphatic carbocycles. The van der Waals surface area contributed by atoms with E-state index in [2.05, 4.69) is 15.5 Å². The van der Waals surface area contributed by atoms with Gasteiger partial charge in [0, 0.05) is 19.0 Å². The molecule has 1 amide bonds. The summed E-state index contributed by atoms with van der Waals surface area (Å²) in [4.78, 5) is 25.0. The summed E-state index contributed by atoms with van der Waals surface area (Å²) in [6.45, 7) is 0.717. The van der Waals surface area contributed by atoms with Crippen molar-refractivity contribution in [3.8, 4) is 0 Å². The second kappa shape index (κ2) is 8.20. The number of halogens is 2. The highest BCUT2D eigenvalue weighted by atomic mass is 35.5. The number of nitrogens with one attached hydrogen (secondary N) is 1. The van der Waals surface area contributed by atoms with Gasteiger partial charge in [0.1, 0.15) is 24.0 Å². The van der Waals surface area contributed by atoms with Gasteiger partial charge in [0.05, 0.1) is 17.8 Å². The average Bonchev–Trinajstić information content (AvgIpc) is 3.13. The topological polar surface area (TPSA) is 86.7 Å². The van der Waals surface area contributed by atoms with Gasteiger partial charge in [-0.1, -0.05) is 24.1 Å². The van der Waals surface area contributed by atoms with Crippen molar-refractivity contribution >= 4 is 23.3 Å². The lowest BCUT2D eigenvalue weighted by molar-refractivity contribution is -0.117. The van der Waals surface area contributed by atoms with Crippen molar-refractivity contribution in [1.29, 1.82) is 0 Å². The van der Waals surface area contributed by atoms with E-state index >= 15 is 0 Å². The Kier molecular flexibility index (Phi) is 5.48. The molecule has 0 unspecified atom stereocenters. The van der Waals surface area contributed by atoms with Gasteiger partial charge in [-0.25, -0.2) is 18.5 Å². The Morgan fingerprint density at radius 1 is 1.21 bits per heavy atom. The van der Waals surface area contributed by atoms with E-state index in [4.69, 9.17) is 11.6 Å². The zero-order valence-electron chi connectivity index (χ0n) is 15.6. The Morgan fingerprint density at radius 2 is 2.07 bits per heavy atom. The molecule has 10 heteroatoms. The van der Waals surface area contributed by atoms with Gasteiger partial charge in [0.25, 0.3) is 0 Å². The average molecular weight is 419 g/mol. The molecule has 0 atom stereocenters. The molecule has 0 bridgehead atoms. The van der Waals surface area contributed by atoms with Crippen LogP contribution in [-0.2, 0) is 30.8 Å². The molecule has 1 aliphatic rings. The molecular weight excluding hydrogens is 399 g/mol. The van der Waals surface area contributed by atoms with Crippen molar-refractivity contribution in [2.75, 3.05) is 5.32 Å². The smallest absolute Gasteiger partial charge is 0.309 e. The number of aromatic nitrogens is 5. The molecule has 2 aromatic heterocycles. The molecule has 0 fully saturated rings. The van der Waals surface area contributed by atoms with Gasteiger partial charge >= 0.3 is 5.69 Å². The second-order valence-electron chi connectivity index (χ2n) is 6.99. The minimum Gasteiger partial charge on any atom is -0.309 e. The quantitative estimate of drug-likeness (QED) is 0.689. The van der Waals surface area contributed by atoms with Crippen LogP contribution in [0.5, 0.6) is 0 Å². The first-order chi connectivity index (χ1) is 14.0. The molecule has 1 N–H and O–H groups in total. The third-order valence-electron chi connectivity index (χ3n) is 4.88. The fourth-order valence-corrected chi connectivity index (χ4v) is 3.54. The third-order valence-corrected chi connectivity index (χ3v) is 5.18. The Balaban J connectivity index is 1.45. The van der Waals surface area contributed by atoms with Crippen LogP contribution in [0.2, 0.25) is 5.02 Å². The number of amides is 1. The van der Waals surface area contributed by atoms with Crippen LogP contribution in [0.4, 0.5) is 10.2 Å². The van der Waals surface area contributed by atoms with Crippen molar-refractivity contribution in [3.63, 3.8) is 0 Å². The summed E-state index contributed by atoms with van der Waals surface area (Å²) >= 11 is 5.71. The number of carbonyl (C=O) groups excluding carboxylic acids is 1. The molecule has 29 heavy (non-hydrogen) atoms. The maximum absolute atomic E-state index is 13.6.